The van der Waals surface area contributed by atoms with Crippen LogP contribution in [0.25, 0.3) is 12.2 Å². The molecule has 2 aromatic rings. The quantitative estimate of drug-likeness (QED) is 0.785. The predicted octanol–water partition coefficient (Wildman–Crippen LogP) is 3.78. The van der Waals surface area contributed by atoms with E-state index < -0.39 is 5.41 Å². The van der Waals surface area contributed by atoms with Crippen LogP contribution in [0.4, 0.5) is 5.82 Å². The molecule has 2 aromatic heterocycles. The van der Waals surface area contributed by atoms with Gasteiger partial charge in [0.1, 0.15) is 5.82 Å². The number of rotatable bonds is 3. The average molecular weight is 409 g/mol. The summed E-state index contributed by atoms with van der Waals surface area (Å²) in [6, 6.07) is 4.01. The third kappa shape index (κ3) is 4.45. The van der Waals surface area contributed by atoms with Gasteiger partial charge in [0.2, 0.25) is 11.8 Å². The van der Waals surface area contributed by atoms with E-state index >= 15 is 0 Å². The summed E-state index contributed by atoms with van der Waals surface area (Å²) in [5, 5.41) is 4.83. The highest BCUT2D eigenvalue weighted by molar-refractivity contribution is 7.03. The Kier molecular flexibility index (Phi) is 5.32. The second-order valence-electron chi connectivity index (χ2n) is 8.18. The number of hydrogen-bond donors (Lipinski definition) is 1. The zero-order valence-corrected chi connectivity index (χ0v) is 17.5. The van der Waals surface area contributed by atoms with Gasteiger partial charge in [-0.05, 0) is 66.2 Å². The average Bonchev–Trinajstić information content (AvgIpc) is 3.20. The van der Waals surface area contributed by atoms with Crippen molar-refractivity contribution in [3.05, 3.63) is 52.2 Å². The van der Waals surface area contributed by atoms with Gasteiger partial charge in [-0.3, -0.25) is 9.59 Å². The van der Waals surface area contributed by atoms with Gasteiger partial charge in [-0.15, -0.1) is 0 Å². The van der Waals surface area contributed by atoms with Gasteiger partial charge in [-0.2, -0.15) is 4.37 Å². The third-order valence-corrected chi connectivity index (χ3v) is 5.99. The molecule has 0 aliphatic carbocycles. The maximum atomic E-state index is 12.6. The van der Waals surface area contributed by atoms with Crippen molar-refractivity contribution >= 4 is 41.3 Å². The van der Waals surface area contributed by atoms with E-state index in [-0.39, 0.29) is 11.8 Å². The molecule has 2 aliphatic rings. The van der Waals surface area contributed by atoms with Crippen LogP contribution in [-0.2, 0) is 16.0 Å². The van der Waals surface area contributed by atoms with Crippen molar-refractivity contribution in [2.45, 2.75) is 33.1 Å². The number of hydrogen-bond acceptors (Lipinski definition) is 5. The Morgan fingerprint density at radius 1 is 1.31 bits per heavy atom. The first-order valence-electron chi connectivity index (χ1n) is 9.78. The van der Waals surface area contributed by atoms with E-state index in [1.165, 1.54) is 17.1 Å². The monoisotopic (exact) mass is 408 g/mol. The second-order valence-corrected chi connectivity index (χ2v) is 8.84. The van der Waals surface area contributed by atoms with Crippen LogP contribution in [0.1, 0.15) is 43.5 Å². The summed E-state index contributed by atoms with van der Waals surface area (Å²) in [7, 11) is 0. The number of likely N-dealkylation sites (tertiary alicyclic amines) is 1. The van der Waals surface area contributed by atoms with Crippen LogP contribution < -0.4 is 5.32 Å². The molecule has 6 nitrogen and oxygen atoms in total. The molecule has 0 atom stereocenters. The largest absolute Gasteiger partial charge is 0.339 e. The zero-order valence-electron chi connectivity index (χ0n) is 16.6. The summed E-state index contributed by atoms with van der Waals surface area (Å²) in [6.07, 6.45) is 9.64. The molecule has 1 N–H and O–H groups in total. The van der Waals surface area contributed by atoms with E-state index in [4.69, 9.17) is 0 Å². The van der Waals surface area contributed by atoms with Crippen LogP contribution in [0.2, 0.25) is 0 Å². The number of carbonyl (C=O) groups is 2. The van der Waals surface area contributed by atoms with Crippen molar-refractivity contribution < 1.29 is 9.59 Å². The van der Waals surface area contributed by atoms with E-state index in [1.807, 2.05) is 36.3 Å². The summed E-state index contributed by atoms with van der Waals surface area (Å²) in [5.41, 5.74) is 3.75. The number of aromatic nitrogens is 2. The molecule has 0 unspecified atom stereocenters. The highest BCUT2D eigenvalue weighted by Crippen LogP contribution is 2.32. The van der Waals surface area contributed by atoms with Gasteiger partial charge in [0.15, 0.2) is 0 Å². The van der Waals surface area contributed by atoms with Crippen LogP contribution in [0, 0.1) is 5.41 Å². The van der Waals surface area contributed by atoms with Gasteiger partial charge in [-0.1, -0.05) is 19.4 Å². The molecule has 4 heterocycles. The number of fused-ring (bicyclic) bond motifs is 1. The standard InChI is InChI=1S/C22H24N4O2S/c1-22(2)13-17-11-16(14-23-20(17)24-21(22)28)3-4-19(27)26-8-5-15(6-9-26)12-18-7-10-29-25-18/h3-4,7,10-12,14H,5-6,8-9,13H2,1-2H3,(H,23,24,28). The zero-order chi connectivity index (χ0) is 20.4. The smallest absolute Gasteiger partial charge is 0.246 e. The highest BCUT2D eigenvalue weighted by atomic mass is 32.1. The van der Waals surface area contributed by atoms with E-state index in [9.17, 15) is 9.59 Å². The number of piperidine rings is 1. The Labute approximate surface area is 174 Å². The summed E-state index contributed by atoms with van der Waals surface area (Å²) < 4.78 is 4.32. The van der Waals surface area contributed by atoms with E-state index in [2.05, 4.69) is 20.8 Å². The Morgan fingerprint density at radius 2 is 2.10 bits per heavy atom. The first-order valence-corrected chi connectivity index (χ1v) is 10.6. The number of amides is 2. The molecule has 7 heteroatoms. The fraction of sp³-hybridized carbons (Fsp3) is 0.364. The van der Waals surface area contributed by atoms with E-state index in [0.717, 1.165) is 42.8 Å². The number of nitrogens with zero attached hydrogens (tertiary/aromatic N) is 3. The van der Waals surface area contributed by atoms with Crippen molar-refractivity contribution in [3.8, 4) is 0 Å². The topological polar surface area (TPSA) is 75.2 Å². The lowest BCUT2D eigenvalue weighted by atomic mass is 9.82. The minimum atomic E-state index is -0.454. The molecular weight excluding hydrogens is 384 g/mol. The number of carbonyl (C=O) groups excluding carboxylic acids is 2. The molecule has 4 rings (SSSR count). The molecule has 2 amide bonds. The SMILES string of the molecule is CC1(C)Cc2cc(C=CC(=O)N3CCC(=Cc4ccsn4)CC3)cnc2NC1=O. The molecule has 2 aliphatic heterocycles. The molecule has 0 aromatic carbocycles. The van der Waals surface area contributed by atoms with Gasteiger partial charge in [0, 0.05) is 36.2 Å². The normalized spacial score (nSPS) is 18.5. The Balaban J connectivity index is 1.37. The van der Waals surface area contributed by atoms with Crippen LogP contribution in [0.15, 0.2) is 35.4 Å². The van der Waals surface area contributed by atoms with Crippen LogP contribution >= 0.6 is 11.5 Å². The van der Waals surface area contributed by atoms with Gasteiger partial charge in [0.25, 0.3) is 0 Å². The van der Waals surface area contributed by atoms with Crippen molar-refractivity contribution in [1.82, 2.24) is 14.3 Å². The van der Waals surface area contributed by atoms with Crippen molar-refractivity contribution in [2.24, 2.45) is 5.41 Å². The van der Waals surface area contributed by atoms with E-state index in [1.54, 1.807) is 18.3 Å². The molecule has 29 heavy (non-hydrogen) atoms. The maximum absolute atomic E-state index is 12.6. The summed E-state index contributed by atoms with van der Waals surface area (Å²) in [4.78, 5) is 30.8. The fourth-order valence-corrected chi connectivity index (χ4v) is 4.13. The fourth-order valence-electron chi connectivity index (χ4n) is 3.64. The second kappa shape index (κ2) is 7.91. The molecule has 0 bridgehead atoms. The van der Waals surface area contributed by atoms with Crippen molar-refractivity contribution in [2.75, 3.05) is 18.4 Å². The first kappa shape index (κ1) is 19.5. The lowest BCUT2D eigenvalue weighted by Gasteiger charge is -2.29. The molecule has 1 saturated heterocycles. The van der Waals surface area contributed by atoms with Gasteiger partial charge in [-0.25, -0.2) is 4.98 Å². The lowest BCUT2D eigenvalue weighted by molar-refractivity contribution is -0.126. The Bertz CT molecular complexity index is 982. The van der Waals surface area contributed by atoms with Gasteiger partial charge >= 0.3 is 0 Å². The molecule has 1 fully saturated rings. The minimum absolute atomic E-state index is 0.00994. The summed E-state index contributed by atoms with van der Waals surface area (Å²) in [5.74, 6) is 0.626. The predicted molar refractivity (Wildman–Crippen MR) is 115 cm³/mol. The molecular formula is C22H24N4O2S. The van der Waals surface area contributed by atoms with E-state index in [0.29, 0.717) is 12.2 Å². The van der Waals surface area contributed by atoms with Crippen LogP contribution in [-0.4, -0.2) is 39.2 Å². The lowest BCUT2D eigenvalue weighted by Crippen LogP contribution is -2.37. The Hall–Kier alpha value is -2.80. The molecule has 0 radical (unpaired) electrons. The van der Waals surface area contributed by atoms with Crippen LogP contribution in [0.3, 0.4) is 0 Å². The molecule has 0 saturated carbocycles. The third-order valence-electron chi connectivity index (χ3n) is 5.41. The summed E-state index contributed by atoms with van der Waals surface area (Å²) in [6.45, 7) is 5.29. The van der Waals surface area contributed by atoms with Crippen molar-refractivity contribution in [1.29, 1.82) is 0 Å². The minimum Gasteiger partial charge on any atom is -0.339 e. The highest BCUT2D eigenvalue weighted by Gasteiger charge is 2.34. The number of nitrogens with one attached hydrogen (secondary N) is 1. The number of pyridine rings is 1. The van der Waals surface area contributed by atoms with Crippen molar-refractivity contribution in [3.63, 3.8) is 0 Å². The number of anilines is 1. The molecule has 0 spiro atoms. The van der Waals surface area contributed by atoms with Crippen LogP contribution in [0.5, 0.6) is 0 Å². The Morgan fingerprint density at radius 3 is 2.83 bits per heavy atom. The summed E-state index contributed by atoms with van der Waals surface area (Å²) >= 11 is 1.45. The molecule has 150 valence electrons. The van der Waals surface area contributed by atoms with Gasteiger partial charge in [0.05, 0.1) is 5.69 Å². The maximum Gasteiger partial charge on any atom is 0.246 e. The van der Waals surface area contributed by atoms with Gasteiger partial charge < -0.3 is 10.2 Å². The first-order chi connectivity index (χ1) is 13.9.